The molecule has 0 aromatic carbocycles. The predicted molar refractivity (Wildman–Crippen MR) is 82.7 cm³/mol. The first-order chi connectivity index (χ1) is 9.95. The molecule has 3 saturated carbocycles. The van der Waals surface area contributed by atoms with Crippen LogP contribution in [0.1, 0.15) is 65.2 Å². The molecule has 6 atom stereocenters. The van der Waals surface area contributed by atoms with E-state index in [1.165, 1.54) is 12.0 Å². The molecular weight excluding hydrogens is 260 g/mol. The maximum Gasteiger partial charge on any atom is 0.139 e. The summed E-state index contributed by atoms with van der Waals surface area (Å²) in [6.07, 6.45) is 10.7. The Labute approximate surface area is 128 Å². The number of aliphatic hydroxyl groups excluding tert-OH is 1. The van der Waals surface area contributed by atoms with Gasteiger partial charge >= 0.3 is 0 Å². The molecule has 1 N–H and O–H groups in total. The number of hydrogen-bond acceptors (Lipinski definition) is 2. The number of carbonyl (C=O) groups excluding carboxylic acids is 1. The van der Waals surface area contributed by atoms with E-state index in [0.29, 0.717) is 23.0 Å². The third kappa shape index (κ3) is 1.78. The SMILES string of the molecule is C[C@]12CC[C@H](O)CC1=CCC1[C@H]3CCC(=O)[C@@]3(C)CC[C@@H]12. The Morgan fingerprint density at radius 1 is 1.10 bits per heavy atom. The van der Waals surface area contributed by atoms with Crippen molar-refractivity contribution in [3.05, 3.63) is 11.6 Å². The van der Waals surface area contributed by atoms with Crippen molar-refractivity contribution in [3.63, 3.8) is 0 Å². The molecule has 0 saturated heterocycles. The standard InChI is InChI=1S/C19H28O2/c1-18-9-7-13(20)11-12(18)3-4-14-15-5-6-17(21)19(15,2)10-8-16(14)18/h3,13-16,20H,4-11H2,1-2H3/t13-,14?,15+,16-,18-,19-/m0/s1. The maximum atomic E-state index is 12.4. The number of ketones is 1. The molecule has 0 bridgehead atoms. The second kappa shape index (κ2) is 4.44. The summed E-state index contributed by atoms with van der Waals surface area (Å²) in [5.41, 5.74) is 1.81. The molecular formula is C19H28O2. The van der Waals surface area contributed by atoms with Gasteiger partial charge in [0.25, 0.3) is 0 Å². The first-order valence-corrected chi connectivity index (χ1v) is 8.86. The summed E-state index contributed by atoms with van der Waals surface area (Å²) in [7, 11) is 0. The summed E-state index contributed by atoms with van der Waals surface area (Å²) in [5.74, 6) is 2.60. The number of rotatable bonds is 0. The van der Waals surface area contributed by atoms with Crippen LogP contribution in [-0.2, 0) is 4.79 Å². The summed E-state index contributed by atoms with van der Waals surface area (Å²) < 4.78 is 0. The van der Waals surface area contributed by atoms with E-state index in [0.717, 1.165) is 50.9 Å². The molecule has 0 radical (unpaired) electrons. The van der Waals surface area contributed by atoms with E-state index in [1.807, 2.05) is 0 Å². The number of aliphatic hydroxyl groups is 1. The van der Waals surface area contributed by atoms with Gasteiger partial charge in [-0.3, -0.25) is 4.79 Å². The predicted octanol–water partition coefficient (Wildman–Crippen LogP) is 3.88. The lowest BCUT2D eigenvalue weighted by molar-refractivity contribution is -0.132. The van der Waals surface area contributed by atoms with Gasteiger partial charge in [-0.05, 0) is 68.1 Å². The zero-order chi connectivity index (χ0) is 14.8. The van der Waals surface area contributed by atoms with Gasteiger partial charge < -0.3 is 5.11 Å². The first-order valence-electron chi connectivity index (χ1n) is 8.86. The van der Waals surface area contributed by atoms with E-state index in [2.05, 4.69) is 19.9 Å². The van der Waals surface area contributed by atoms with Gasteiger partial charge in [-0.2, -0.15) is 0 Å². The first kappa shape index (κ1) is 14.0. The molecule has 0 heterocycles. The molecule has 2 heteroatoms. The lowest BCUT2D eigenvalue weighted by Gasteiger charge is -2.56. The zero-order valence-electron chi connectivity index (χ0n) is 13.4. The fraction of sp³-hybridized carbons (Fsp3) is 0.842. The summed E-state index contributed by atoms with van der Waals surface area (Å²) in [6, 6.07) is 0. The monoisotopic (exact) mass is 288 g/mol. The highest BCUT2D eigenvalue weighted by molar-refractivity contribution is 5.87. The minimum atomic E-state index is -0.122. The third-order valence-corrected chi connectivity index (χ3v) is 7.79. The van der Waals surface area contributed by atoms with Crippen LogP contribution >= 0.6 is 0 Å². The Kier molecular flexibility index (Phi) is 2.96. The van der Waals surface area contributed by atoms with Crippen LogP contribution in [0.3, 0.4) is 0 Å². The molecule has 3 fully saturated rings. The number of Topliss-reactive ketones (excluding diaryl/α,β-unsaturated/α-hetero) is 1. The average Bonchev–Trinajstić information content (AvgIpc) is 2.76. The smallest absolute Gasteiger partial charge is 0.139 e. The van der Waals surface area contributed by atoms with Crippen LogP contribution in [0.5, 0.6) is 0 Å². The van der Waals surface area contributed by atoms with Crippen molar-refractivity contribution >= 4 is 5.78 Å². The summed E-state index contributed by atoms with van der Waals surface area (Å²) >= 11 is 0. The normalized spacial score (nSPS) is 52.7. The minimum Gasteiger partial charge on any atom is -0.393 e. The van der Waals surface area contributed by atoms with Crippen LogP contribution in [0.4, 0.5) is 0 Å². The van der Waals surface area contributed by atoms with Crippen molar-refractivity contribution < 1.29 is 9.90 Å². The van der Waals surface area contributed by atoms with E-state index >= 15 is 0 Å². The minimum absolute atomic E-state index is 0.0168. The molecule has 21 heavy (non-hydrogen) atoms. The number of carbonyl (C=O) groups is 1. The number of fused-ring (bicyclic) bond motifs is 5. The Hall–Kier alpha value is -0.630. The van der Waals surface area contributed by atoms with E-state index in [1.54, 1.807) is 0 Å². The van der Waals surface area contributed by atoms with Crippen molar-refractivity contribution in [1.82, 2.24) is 0 Å². The van der Waals surface area contributed by atoms with E-state index < -0.39 is 0 Å². The van der Waals surface area contributed by atoms with Crippen molar-refractivity contribution in [3.8, 4) is 0 Å². The Morgan fingerprint density at radius 3 is 2.62 bits per heavy atom. The molecule has 4 aliphatic carbocycles. The van der Waals surface area contributed by atoms with Gasteiger partial charge in [0, 0.05) is 11.8 Å². The molecule has 2 nitrogen and oxygen atoms in total. The third-order valence-electron chi connectivity index (χ3n) is 7.79. The van der Waals surface area contributed by atoms with Crippen LogP contribution in [0, 0.1) is 28.6 Å². The molecule has 0 spiro atoms. The topological polar surface area (TPSA) is 37.3 Å². The quantitative estimate of drug-likeness (QED) is 0.687. The van der Waals surface area contributed by atoms with Crippen LogP contribution in [0.15, 0.2) is 11.6 Å². The van der Waals surface area contributed by atoms with Gasteiger partial charge in [-0.1, -0.05) is 25.5 Å². The van der Waals surface area contributed by atoms with Crippen molar-refractivity contribution in [2.75, 3.05) is 0 Å². The second-order valence-corrected chi connectivity index (χ2v) is 8.57. The van der Waals surface area contributed by atoms with Crippen LogP contribution in [0.2, 0.25) is 0 Å². The van der Waals surface area contributed by atoms with Crippen LogP contribution < -0.4 is 0 Å². The highest BCUT2D eigenvalue weighted by Gasteiger charge is 2.58. The van der Waals surface area contributed by atoms with E-state index in [9.17, 15) is 9.90 Å². The average molecular weight is 288 g/mol. The second-order valence-electron chi connectivity index (χ2n) is 8.57. The summed E-state index contributed by atoms with van der Waals surface area (Å²) in [6.45, 7) is 4.69. The Bertz CT molecular complexity index is 508. The summed E-state index contributed by atoms with van der Waals surface area (Å²) in [4.78, 5) is 12.4. The van der Waals surface area contributed by atoms with Gasteiger partial charge in [-0.25, -0.2) is 0 Å². The molecule has 4 aliphatic rings. The van der Waals surface area contributed by atoms with Gasteiger partial charge in [0.2, 0.25) is 0 Å². The van der Waals surface area contributed by atoms with Gasteiger partial charge in [0.15, 0.2) is 0 Å². The van der Waals surface area contributed by atoms with E-state index in [-0.39, 0.29) is 11.5 Å². The van der Waals surface area contributed by atoms with Crippen molar-refractivity contribution in [1.29, 1.82) is 0 Å². The Morgan fingerprint density at radius 2 is 1.81 bits per heavy atom. The lowest BCUT2D eigenvalue weighted by atomic mass is 9.48. The van der Waals surface area contributed by atoms with Gasteiger partial charge in [-0.15, -0.1) is 0 Å². The maximum absolute atomic E-state index is 12.4. The highest BCUT2D eigenvalue weighted by Crippen LogP contribution is 2.63. The van der Waals surface area contributed by atoms with Crippen molar-refractivity contribution in [2.45, 2.75) is 71.3 Å². The fourth-order valence-electron chi connectivity index (χ4n) is 6.41. The molecule has 4 rings (SSSR count). The van der Waals surface area contributed by atoms with Gasteiger partial charge in [0.1, 0.15) is 5.78 Å². The molecule has 0 amide bonds. The number of hydrogen-bond donors (Lipinski definition) is 1. The molecule has 0 aromatic rings. The van der Waals surface area contributed by atoms with Gasteiger partial charge in [0.05, 0.1) is 6.10 Å². The van der Waals surface area contributed by atoms with E-state index in [4.69, 9.17) is 0 Å². The molecule has 0 aliphatic heterocycles. The lowest BCUT2D eigenvalue weighted by Crippen LogP contribution is -2.50. The molecule has 1 unspecified atom stereocenters. The number of allylic oxidation sites excluding steroid dienone is 1. The zero-order valence-corrected chi connectivity index (χ0v) is 13.4. The summed E-state index contributed by atoms with van der Waals surface area (Å²) in [5, 5.41) is 10.00. The van der Waals surface area contributed by atoms with Crippen LogP contribution in [-0.4, -0.2) is 17.0 Å². The largest absolute Gasteiger partial charge is 0.393 e. The highest BCUT2D eigenvalue weighted by atomic mass is 16.3. The Balaban J connectivity index is 1.69. The molecule has 116 valence electrons. The fourth-order valence-corrected chi connectivity index (χ4v) is 6.41. The molecule has 0 aromatic heterocycles. The van der Waals surface area contributed by atoms with Crippen LogP contribution in [0.25, 0.3) is 0 Å². The van der Waals surface area contributed by atoms with Crippen molar-refractivity contribution in [2.24, 2.45) is 28.6 Å².